The van der Waals surface area contributed by atoms with Crippen molar-refractivity contribution in [3.8, 4) is 0 Å². The fourth-order valence-corrected chi connectivity index (χ4v) is 19.9. The summed E-state index contributed by atoms with van der Waals surface area (Å²) in [6.45, 7) is 42.3. The lowest BCUT2D eigenvalue weighted by molar-refractivity contribution is 0.838. The lowest BCUT2D eigenvalue weighted by atomic mass is 9.92. The van der Waals surface area contributed by atoms with E-state index in [9.17, 15) is 0 Å². The first-order valence-electron chi connectivity index (χ1n) is 16.9. The molecule has 1 heterocycles. The number of rotatable bonds is 13. The zero-order chi connectivity index (χ0) is 34.0. The highest BCUT2D eigenvalue weighted by atomic mass is 28.4. The molecule has 0 amide bonds. The summed E-state index contributed by atoms with van der Waals surface area (Å²) in [5.41, 5.74) is 12.4. The van der Waals surface area contributed by atoms with Gasteiger partial charge in [0.1, 0.15) is 0 Å². The molecule has 3 aromatic rings. The second-order valence-corrected chi connectivity index (χ2v) is 27.5. The van der Waals surface area contributed by atoms with Crippen LogP contribution in [0.2, 0.25) is 39.3 Å². The Labute approximate surface area is 278 Å². The molecule has 0 aliphatic heterocycles. The molecule has 0 saturated carbocycles. The Morgan fingerprint density at radius 3 is 1.09 bits per heavy atom. The van der Waals surface area contributed by atoms with Crippen molar-refractivity contribution >= 4 is 38.9 Å². The average Bonchev–Trinajstić information content (AvgIpc) is 2.90. The van der Waals surface area contributed by atoms with Gasteiger partial charge in [-0.25, -0.2) is 4.98 Å². The molecule has 45 heavy (non-hydrogen) atoms. The molecule has 244 valence electrons. The van der Waals surface area contributed by atoms with Crippen LogP contribution in [0.1, 0.15) is 123 Å². The summed E-state index contributed by atoms with van der Waals surface area (Å²) in [7, 11) is -3.18. The first kappa shape index (κ1) is 36.6. The van der Waals surface area contributed by atoms with Crippen molar-refractivity contribution in [3.05, 3.63) is 101 Å². The van der Waals surface area contributed by atoms with Gasteiger partial charge in [0.25, 0.3) is 0 Å². The van der Waals surface area contributed by atoms with Crippen molar-refractivity contribution in [1.82, 2.24) is 4.98 Å². The Bertz CT molecular complexity index is 1360. The number of aromatic nitrogens is 1. The molecule has 0 aliphatic carbocycles. The Hall–Kier alpha value is -2.90. The van der Waals surface area contributed by atoms with E-state index in [0.29, 0.717) is 28.8 Å². The number of benzene rings is 2. The molecule has 1 aromatic heterocycles. The first-order valence-corrected chi connectivity index (χ1v) is 24.1. The summed E-state index contributed by atoms with van der Waals surface area (Å²) in [6, 6.07) is 17.9. The third-order valence-corrected chi connectivity index (χ3v) is 18.2. The van der Waals surface area contributed by atoms with E-state index in [0.717, 1.165) is 34.2 Å². The predicted molar refractivity (Wildman–Crippen MR) is 208 cm³/mol. The lowest BCUT2D eigenvalue weighted by Crippen LogP contribution is -2.46. The van der Waals surface area contributed by atoms with Gasteiger partial charge in [-0.1, -0.05) is 144 Å². The third-order valence-electron chi connectivity index (χ3n) is 8.83. The van der Waals surface area contributed by atoms with Crippen LogP contribution < -0.4 is 10.6 Å². The number of anilines is 2. The van der Waals surface area contributed by atoms with Crippen molar-refractivity contribution in [2.45, 2.75) is 124 Å². The van der Waals surface area contributed by atoms with Crippen LogP contribution in [0.3, 0.4) is 0 Å². The van der Waals surface area contributed by atoms with Crippen LogP contribution in [0.25, 0.3) is 11.4 Å². The van der Waals surface area contributed by atoms with E-state index in [1.54, 1.807) is 0 Å². The molecule has 3 nitrogen and oxygen atoms in total. The van der Waals surface area contributed by atoms with E-state index < -0.39 is 16.1 Å². The van der Waals surface area contributed by atoms with Gasteiger partial charge in [-0.15, -0.1) is 0 Å². The van der Waals surface area contributed by atoms with E-state index in [1.807, 2.05) is 0 Å². The van der Waals surface area contributed by atoms with Gasteiger partial charge in [0, 0.05) is 27.5 Å². The number of nitrogens with one attached hydrogen (secondary N) is 2. The number of para-hydroxylation sites is 2. The zero-order valence-electron chi connectivity index (χ0n) is 30.9. The zero-order valence-corrected chi connectivity index (χ0v) is 32.9. The number of nitrogens with zero attached hydrogens (tertiary/aromatic N) is 1. The normalized spacial score (nSPS) is 12.5. The second kappa shape index (κ2) is 14.3. The molecule has 0 atom stereocenters. The number of hydrogen-bond acceptors (Lipinski definition) is 3. The van der Waals surface area contributed by atoms with Gasteiger partial charge in [-0.3, -0.25) is 0 Å². The minimum atomic E-state index is -1.59. The van der Waals surface area contributed by atoms with Crippen LogP contribution in [-0.2, 0) is 0 Å². The van der Waals surface area contributed by atoms with Crippen LogP contribution in [0.15, 0.2) is 61.7 Å². The van der Waals surface area contributed by atoms with Crippen molar-refractivity contribution in [2.24, 2.45) is 0 Å². The van der Waals surface area contributed by atoms with Crippen LogP contribution in [-0.4, -0.2) is 21.1 Å². The molecule has 0 saturated heterocycles. The van der Waals surface area contributed by atoms with Crippen LogP contribution >= 0.6 is 0 Å². The average molecular weight is 640 g/mol. The molecule has 0 aliphatic rings. The second-order valence-electron chi connectivity index (χ2n) is 16.3. The summed E-state index contributed by atoms with van der Waals surface area (Å²) in [6.07, 6.45) is 0. The maximum absolute atomic E-state index is 5.28. The highest BCUT2D eigenvalue weighted by molar-refractivity contribution is 6.96. The molecular weight excluding hydrogens is 579 g/mol. The summed E-state index contributed by atoms with van der Waals surface area (Å²) < 4.78 is 0. The molecule has 0 unspecified atom stereocenters. The monoisotopic (exact) mass is 639 g/mol. The van der Waals surface area contributed by atoms with Gasteiger partial charge in [0.05, 0.1) is 22.8 Å². The molecule has 3 rings (SSSR count). The third kappa shape index (κ3) is 8.68. The highest BCUT2D eigenvalue weighted by Gasteiger charge is 2.39. The van der Waals surface area contributed by atoms with Crippen molar-refractivity contribution < 1.29 is 0 Å². The SMILES string of the molecule is C=C(Nc1c(C(C)C)cccc1C(C)C)c1cc(C([Si](C)(C)C)[Si](C)(C)C)cc(C(=C)Nc2c(C(C)C)cccc2C(C)C)n1. The Morgan fingerprint density at radius 2 is 0.844 bits per heavy atom. The summed E-state index contributed by atoms with van der Waals surface area (Å²) in [5, 5.41) is 8.11. The van der Waals surface area contributed by atoms with Crippen LogP contribution in [0, 0.1) is 0 Å². The number of hydrogen-bond donors (Lipinski definition) is 2. The Balaban J connectivity index is 2.23. The minimum Gasteiger partial charge on any atom is -0.354 e. The Morgan fingerprint density at radius 1 is 0.556 bits per heavy atom. The van der Waals surface area contributed by atoms with Gasteiger partial charge in [0.15, 0.2) is 0 Å². The largest absolute Gasteiger partial charge is 0.354 e. The van der Waals surface area contributed by atoms with E-state index in [2.05, 4.69) is 167 Å². The van der Waals surface area contributed by atoms with Crippen molar-refractivity contribution in [1.29, 1.82) is 0 Å². The van der Waals surface area contributed by atoms with Gasteiger partial charge in [-0.2, -0.15) is 0 Å². The molecule has 2 aromatic carbocycles. The predicted octanol–water partition coefficient (Wildman–Crippen LogP) is 12.6. The fraction of sp³-hybridized carbons (Fsp3) is 0.475. The summed E-state index contributed by atoms with van der Waals surface area (Å²) in [4.78, 5) is 5.28. The molecule has 0 fully saturated rings. The molecule has 2 N–H and O–H groups in total. The minimum absolute atomic E-state index is 0.386. The summed E-state index contributed by atoms with van der Waals surface area (Å²) in [5.74, 6) is 1.55. The van der Waals surface area contributed by atoms with E-state index in [4.69, 9.17) is 4.98 Å². The lowest BCUT2D eigenvalue weighted by Gasteiger charge is -2.39. The van der Waals surface area contributed by atoms with E-state index >= 15 is 0 Å². The van der Waals surface area contributed by atoms with Gasteiger partial charge in [-0.05, 0) is 68.8 Å². The quantitative estimate of drug-likeness (QED) is 0.183. The standard InChI is InChI=1S/C40H61N3Si2/c1-25(2)32-19-17-20-33(26(3)4)38(32)41-29(9)36-23-31(40(44(11,12)13)45(14,15)16)24-37(43-36)30(10)42-39-34(27(5)6)21-18-22-35(39)28(7)8/h17-28,40-42H,9-10H2,1-8,11-16H3. The molecule has 0 radical (unpaired) electrons. The summed E-state index contributed by atoms with van der Waals surface area (Å²) >= 11 is 0. The highest BCUT2D eigenvalue weighted by Crippen LogP contribution is 2.40. The van der Waals surface area contributed by atoms with Crippen molar-refractivity contribution in [3.63, 3.8) is 0 Å². The number of pyridine rings is 1. The molecule has 5 heteroatoms. The van der Waals surface area contributed by atoms with E-state index in [1.165, 1.54) is 27.8 Å². The van der Waals surface area contributed by atoms with Crippen LogP contribution in [0.4, 0.5) is 11.4 Å². The van der Waals surface area contributed by atoms with Gasteiger partial charge < -0.3 is 10.6 Å². The molecule has 0 bridgehead atoms. The van der Waals surface area contributed by atoms with Crippen molar-refractivity contribution in [2.75, 3.05) is 10.6 Å². The van der Waals surface area contributed by atoms with Gasteiger partial charge >= 0.3 is 0 Å². The smallest absolute Gasteiger partial charge is 0.0869 e. The topological polar surface area (TPSA) is 37.0 Å². The maximum Gasteiger partial charge on any atom is 0.0869 e. The maximum atomic E-state index is 5.28. The molecule has 0 spiro atoms. The molecular formula is C40H61N3Si2. The fourth-order valence-electron chi connectivity index (χ4n) is 7.15. The first-order chi connectivity index (χ1) is 20.7. The van der Waals surface area contributed by atoms with Crippen LogP contribution in [0.5, 0.6) is 0 Å². The van der Waals surface area contributed by atoms with Gasteiger partial charge in [0.2, 0.25) is 0 Å². The Kier molecular flexibility index (Phi) is 11.6. The van der Waals surface area contributed by atoms with E-state index in [-0.39, 0.29) is 0 Å².